The normalized spacial score (nSPS) is 15.3. The molecule has 4 rings (SSSR count). The van der Waals surface area contributed by atoms with Gasteiger partial charge < -0.3 is 10.2 Å². The molecule has 180 valence electrons. The summed E-state index contributed by atoms with van der Waals surface area (Å²) < 4.78 is 0. The lowest BCUT2D eigenvalue weighted by atomic mass is 10.0. The molecular formula is C34H34N2. The van der Waals surface area contributed by atoms with Crippen molar-refractivity contribution in [2.24, 2.45) is 0 Å². The van der Waals surface area contributed by atoms with Crippen LogP contribution in [-0.2, 0) is 0 Å². The third-order valence-corrected chi connectivity index (χ3v) is 6.11. The molecule has 2 nitrogen and oxygen atoms in total. The summed E-state index contributed by atoms with van der Waals surface area (Å²) in [4.78, 5) is 2.36. The molecule has 0 bridgehead atoms. The van der Waals surface area contributed by atoms with Gasteiger partial charge in [-0.15, -0.1) is 0 Å². The van der Waals surface area contributed by atoms with Crippen molar-refractivity contribution in [3.05, 3.63) is 157 Å². The van der Waals surface area contributed by atoms with Crippen molar-refractivity contribution in [1.29, 1.82) is 0 Å². The van der Waals surface area contributed by atoms with Crippen LogP contribution in [0, 0.1) is 0 Å². The molecule has 0 saturated carbocycles. The van der Waals surface area contributed by atoms with Gasteiger partial charge in [-0.05, 0) is 72.5 Å². The van der Waals surface area contributed by atoms with Gasteiger partial charge in [-0.25, -0.2) is 0 Å². The Bertz CT molecular complexity index is 1270. The topological polar surface area (TPSA) is 15.3 Å². The molecule has 0 spiro atoms. The fraction of sp³-hybridized carbons (Fsp3) is 0.118. The largest absolute Gasteiger partial charge is 0.356 e. The second kappa shape index (κ2) is 13.0. The molecule has 0 aromatic heterocycles. The van der Waals surface area contributed by atoms with Crippen LogP contribution in [0.5, 0.6) is 0 Å². The van der Waals surface area contributed by atoms with Crippen molar-refractivity contribution in [3.63, 3.8) is 0 Å². The molecule has 0 unspecified atom stereocenters. The predicted molar refractivity (Wildman–Crippen MR) is 158 cm³/mol. The summed E-state index contributed by atoms with van der Waals surface area (Å²) >= 11 is 0. The van der Waals surface area contributed by atoms with Crippen molar-refractivity contribution < 1.29 is 0 Å². The number of rotatable bonds is 9. The van der Waals surface area contributed by atoms with Gasteiger partial charge in [0.1, 0.15) is 0 Å². The van der Waals surface area contributed by atoms with E-state index in [1.54, 1.807) is 6.08 Å². The van der Waals surface area contributed by atoms with Crippen LogP contribution < -0.4 is 10.2 Å². The molecule has 0 radical (unpaired) electrons. The van der Waals surface area contributed by atoms with Gasteiger partial charge in [0.2, 0.25) is 0 Å². The summed E-state index contributed by atoms with van der Waals surface area (Å²) in [7, 11) is 0. The summed E-state index contributed by atoms with van der Waals surface area (Å²) in [5.74, 6) is 0. The lowest BCUT2D eigenvalue weighted by Crippen LogP contribution is -2.21. The first-order valence-corrected chi connectivity index (χ1v) is 12.6. The van der Waals surface area contributed by atoms with Crippen LogP contribution in [0.3, 0.4) is 0 Å². The van der Waals surface area contributed by atoms with Crippen molar-refractivity contribution in [1.82, 2.24) is 0 Å². The second-order valence-electron chi connectivity index (χ2n) is 8.60. The van der Waals surface area contributed by atoms with Crippen molar-refractivity contribution in [2.45, 2.75) is 26.2 Å². The van der Waals surface area contributed by atoms with Crippen molar-refractivity contribution in [3.8, 4) is 0 Å². The monoisotopic (exact) mass is 470 g/mol. The highest BCUT2D eigenvalue weighted by Gasteiger charge is 2.15. The van der Waals surface area contributed by atoms with Gasteiger partial charge in [0.15, 0.2) is 0 Å². The van der Waals surface area contributed by atoms with E-state index in [1.165, 1.54) is 22.5 Å². The maximum Gasteiger partial charge on any atom is 0.0456 e. The molecule has 0 aliphatic heterocycles. The van der Waals surface area contributed by atoms with Crippen LogP contribution in [0.4, 0.5) is 17.1 Å². The van der Waals surface area contributed by atoms with Crippen LogP contribution in [0.25, 0.3) is 5.57 Å². The number of allylic oxidation sites excluding steroid dienone is 16. The molecule has 0 saturated heterocycles. The van der Waals surface area contributed by atoms with E-state index in [0.29, 0.717) is 0 Å². The molecule has 2 heteroatoms. The Labute approximate surface area is 216 Å². The highest BCUT2D eigenvalue weighted by molar-refractivity contribution is 5.72. The van der Waals surface area contributed by atoms with Gasteiger partial charge in [-0.3, -0.25) is 0 Å². The summed E-state index contributed by atoms with van der Waals surface area (Å²) in [6.45, 7) is 5.99. The fourth-order valence-electron chi connectivity index (χ4n) is 4.26. The van der Waals surface area contributed by atoms with E-state index in [4.69, 9.17) is 0 Å². The van der Waals surface area contributed by atoms with Gasteiger partial charge in [-0.1, -0.05) is 98.5 Å². The standard InChI is InChI=1S/C34H34N2/c1-3-5-10-17-32(4-2)36(33-18-13-8-9-14-19-33)34-26-24-31(25-27-34)35-30-22-20-29(21-23-30)28-15-11-6-7-12-16-28/h3,5-15,17-18,20-27,35H,1,4,16,19H2,2H3/b10-5-,32-17+. The van der Waals surface area contributed by atoms with Crippen LogP contribution in [0.1, 0.15) is 31.7 Å². The Kier molecular flexibility index (Phi) is 8.94. The van der Waals surface area contributed by atoms with Gasteiger partial charge in [-0.2, -0.15) is 0 Å². The first kappa shape index (κ1) is 24.8. The van der Waals surface area contributed by atoms with Crippen LogP contribution in [0.15, 0.2) is 152 Å². The Balaban J connectivity index is 1.54. The quantitative estimate of drug-likeness (QED) is 0.367. The summed E-state index contributed by atoms with van der Waals surface area (Å²) in [6, 6.07) is 17.3. The van der Waals surface area contributed by atoms with E-state index >= 15 is 0 Å². The molecule has 0 fully saturated rings. The number of benzene rings is 2. The van der Waals surface area contributed by atoms with Crippen LogP contribution in [0.2, 0.25) is 0 Å². The Hall–Kier alpha value is -4.30. The van der Waals surface area contributed by atoms with E-state index in [-0.39, 0.29) is 0 Å². The zero-order chi connectivity index (χ0) is 25.0. The number of hydrogen-bond acceptors (Lipinski definition) is 2. The van der Waals surface area contributed by atoms with E-state index < -0.39 is 0 Å². The maximum atomic E-state index is 3.79. The van der Waals surface area contributed by atoms with Gasteiger partial charge in [0.25, 0.3) is 0 Å². The fourth-order valence-corrected chi connectivity index (χ4v) is 4.26. The third-order valence-electron chi connectivity index (χ3n) is 6.11. The van der Waals surface area contributed by atoms with Crippen LogP contribution >= 0.6 is 0 Å². The molecule has 36 heavy (non-hydrogen) atoms. The number of nitrogens with one attached hydrogen (secondary N) is 1. The van der Waals surface area contributed by atoms with Crippen molar-refractivity contribution in [2.75, 3.05) is 10.2 Å². The number of nitrogens with zero attached hydrogens (tertiary/aromatic N) is 1. The predicted octanol–water partition coefficient (Wildman–Crippen LogP) is 9.57. The second-order valence-corrected chi connectivity index (χ2v) is 8.60. The first-order chi connectivity index (χ1) is 17.8. The summed E-state index contributed by atoms with van der Waals surface area (Å²) in [6.07, 6.45) is 32.1. The highest BCUT2D eigenvalue weighted by Crippen LogP contribution is 2.31. The van der Waals surface area contributed by atoms with E-state index in [1.807, 2.05) is 6.08 Å². The molecule has 0 atom stereocenters. The third kappa shape index (κ3) is 6.64. The smallest absolute Gasteiger partial charge is 0.0456 e. The number of anilines is 3. The van der Waals surface area contributed by atoms with Gasteiger partial charge >= 0.3 is 0 Å². The average Bonchev–Trinajstić information content (AvgIpc) is 3.35. The molecule has 0 heterocycles. The van der Waals surface area contributed by atoms with Crippen LogP contribution in [-0.4, -0.2) is 0 Å². The first-order valence-electron chi connectivity index (χ1n) is 12.6. The maximum absolute atomic E-state index is 3.79. The summed E-state index contributed by atoms with van der Waals surface area (Å²) in [5.41, 5.74) is 8.35. The molecule has 2 aliphatic carbocycles. The van der Waals surface area contributed by atoms with Gasteiger partial charge in [0.05, 0.1) is 0 Å². The lowest BCUT2D eigenvalue weighted by Gasteiger charge is -2.29. The minimum Gasteiger partial charge on any atom is -0.356 e. The van der Waals surface area contributed by atoms with E-state index in [0.717, 1.165) is 36.3 Å². The minimum atomic E-state index is 0.879. The molecule has 2 aliphatic rings. The summed E-state index contributed by atoms with van der Waals surface area (Å²) in [5, 5.41) is 3.55. The van der Waals surface area contributed by atoms with E-state index in [9.17, 15) is 0 Å². The highest BCUT2D eigenvalue weighted by atomic mass is 15.2. The molecule has 2 aromatic rings. The zero-order valence-corrected chi connectivity index (χ0v) is 21.0. The Morgan fingerprint density at radius 1 is 0.806 bits per heavy atom. The zero-order valence-electron chi connectivity index (χ0n) is 21.0. The molecule has 0 amide bonds. The van der Waals surface area contributed by atoms with E-state index in [2.05, 4.69) is 145 Å². The lowest BCUT2D eigenvalue weighted by molar-refractivity contribution is 0.941. The molecule has 1 N–H and O–H groups in total. The molecular weight excluding hydrogens is 436 g/mol. The Morgan fingerprint density at radius 3 is 2.17 bits per heavy atom. The van der Waals surface area contributed by atoms with Crippen molar-refractivity contribution >= 4 is 22.6 Å². The van der Waals surface area contributed by atoms with Gasteiger partial charge in [0, 0.05) is 34.9 Å². The number of hydrogen-bond donors (Lipinski definition) is 1. The Morgan fingerprint density at radius 2 is 1.47 bits per heavy atom. The average molecular weight is 471 g/mol. The minimum absolute atomic E-state index is 0.879. The molecule has 2 aromatic carbocycles. The SMILES string of the molecule is C=C/C=C\C=C(/CC)N(C1=CC=CC=CC1)c1ccc(Nc2ccc(C3=CC=CC=CC3)cc2)cc1.